The summed E-state index contributed by atoms with van der Waals surface area (Å²) in [5.74, 6) is 5.17. The van der Waals surface area contributed by atoms with E-state index in [0.29, 0.717) is 51.7 Å². The number of pyridine rings is 1. The minimum absolute atomic E-state index is 0.193. The van der Waals surface area contributed by atoms with Crippen molar-refractivity contribution in [1.29, 1.82) is 0 Å². The van der Waals surface area contributed by atoms with Crippen LogP contribution >= 0.6 is 23.2 Å². The molecule has 3 aromatic rings. The summed E-state index contributed by atoms with van der Waals surface area (Å²) in [4.78, 5) is 15.9. The Bertz CT molecular complexity index is 1170. The van der Waals surface area contributed by atoms with E-state index in [4.69, 9.17) is 49.1 Å². The second kappa shape index (κ2) is 7.50. The first-order chi connectivity index (χ1) is 14.3. The molecule has 8 heteroatoms. The molecule has 0 N–H and O–H groups in total. The normalized spacial score (nSPS) is 14.9. The number of rotatable bonds is 4. The molecule has 0 aliphatic carbocycles. The van der Waals surface area contributed by atoms with Crippen molar-refractivity contribution >= 4 is 39.9 Å². The number of hydrogen-bond acceptors (Lipinski definition) is 6. The molecule has 1 saturated heterocycles. The first-order valence-electron chi connectivity index (χ1n) is 9.27. The molecule has 30 heavy (non-hydrogen) atoms. The lowest BCUT2D eigenvalue weighted by molar-refractivity contribution is 0.340. The summed E-state index contributed by atoms with van der Waals surface area (Å²) in [7, 11) is 3.15. The predicted molar refractivity (Wildman–Crippen MR) is 120 cm³/mol. The molecule has 2 aromatic heterocycles. The summed E-state index contributed by atoms with van der Waals surface area (Å²) in [6.07, 6.45) is 7.32. The Morgan fingerprint density at radius 3 is 2.47 bits per heavy atom. The van der Waals surface area contributed by atoms with Gasteiger partial charge in [-0.3, -0.25) is 0 Å². The zero-order valence-corrected chi connectivity index (χ0v) is 18.6. The monoisotopic (exact) mass is 442 g/mol. The highest BCUT2D eigenvalue weighted by molar-refractivity contribution is 6.35. The maximum Gasteiger partial charge on any atom is 0.164 e. The number of fused-ring (bicyclic) bond motifs is 1. The van der Waals surface area contributed by atoms with Crippen molar-refractivity contribution < 1.29 is 9.47 Å². The summed E-state index contributed by atoms with van der Waals surface area (Å²) in [6.45, 7) is 5.33. The zero-order valence-electron chi connectivity index (χ0n) is 17.1. The molecule has 0 atom stereocenters. The van der Waals surface area contributed by atoms with Gasteiger partial charge in [-0.25, -0.2) is 15.0 Å². The maximum atomic E-state index is 6.66. The Morgan fingerprint density at radius 2 is 1.83 bits per heavy atom. The zero-order chi connectivity index (χ0) is 21.6. The summed E-state index contributed by atoms with van der Waals surface area (Å²) in [5, 5.41) is 1.60. The van der Waals surface area contributed by atoms with Crippen LogP contribution in [0.25, 0.3) is 22.3 Å². The van der Waals surface area contributed by atoms with Crippen molar-refractivity contribution in [3.05, 3.63) is 34.1 Å². The third kappa shape index (κ3) is 3.28. The number of halogens is 2. The average Bonchev–Trinajstić information content (AvgIpc) is 2.71. The third-order valence-electron chi connectivity index (χ3n) is 5.36. The van der Waals surface area contributed by atoms with E-state index in [2.05, 4.69) is 22.7 Å². The number of anilines is 1. The second-order valence-corrected chi connectivity index (χ2v) is 8.32. The fourth-order valence-electron chi connectivity index (χ4n) is 3.71. The Hall–Kier alpha value is -2.75. The Kier molecular flexibility index (Phi) is 5.13. The molecule has 0 saturated carbocycles. The van der Waals surface area contributed by atoms with Gasteiger partial charge in [-0.2, -0.15) is 0 Å². The standard InChI is InChI=1S/C22H20Cl2N4O2/c1-6-22(3)10-28(11-22)21-13-7-17(23)25-9-14(13)26-20(27-21)18-12(2)15(29-4)8-16(30-5)19(18)24/h1,7-9H,10-11H2,2-5H3. The molecule has 1 aromatic carbocycles. The van der Waals surface area contributed by atoms with Crippen LogP contribution in [0.3, 0.4) is 0 Å². The van der Waals surface area contributed by atoms with E-state index in [1.54, 1.807) is 32.5 Å². The number of terminal acetylenes is 1. The highest BCUT2D eigenvalue weighted by Gasteiger charge is 2.39. The van der Waals surface area contributed by atoms with Crippen molar-refractivity contribution in [2.24, 2.45) is 5.41 Å². The van der Waals surface area contributed by atoms with Crippen LogP contribution in [0.1, 0.15) is 12.5 Å². The molecule has 1 aliphatic rings. The average molecular weight is 443 g/mol. The number of ether oxygens (including phenoxy) is 2. The van der Waals surface area contributed by atoms with Crippen LogP contribution in [-0.2, 0) is 0 Å². The number of aromatic nitrogens is 3. The van der Waals surface area contributed by atoms with Gasteiger partial charge in [-0.15, -0.1) is 6.42 Å². The van der Waals surface area contributed by atoms with Gasteiger partial charge in [0.25, 0.3) is 0 Å². The topological polar surface area (TPSA) is 60.4 Å². The number of benzene rings is 1. The van der Waals surface area contributed by atoms with Gasteiger partial charge >= 0.3 is 0 Å². The fraction of sp³-hybridized carbons (Fsp3) is 0.318. The minimum Gasteiger partial charge on any atom is -0.496 e. The molecule has 1 fully saturated rings. The van der Waals surface area contributed by atoms with Gasteiger partial charge in [-0.1, -0.05) is 29.1 Å². The molecule has 0 spiro atoms. The van der Waals surface area contributed by atoms with Crippen molar-refractivity contribution in [3.63, 3.8) is 0 Å². The smallest absolute Gasteiger partial charge is 0.164 e. The van der Waals surface area contributed by atoms with E-state index in [-0.39, 0.29) is 5.41 Å². The Morgan fingerprint density at radius 1 is 1.13 bits per heavy atom. The second-order valence-electron chi connectivity index (χ2n) is 7.55. The van der Waals surface area contributed by atoms with Gasteiger partial charge in [0, 0.05) is 35.7 Å². The number of methoxy groups -OCH3 is 2. The van der Waals surface area contributed by atoms with Gasteiger partial charge in [-0.05, 0) is 19.9 Å². The van der Waals surface area contributed by atoms with Gasteiger partial charge < -0.3 is 14.4 Å². The highest BCUT2D eigenvalue weighted by Crippen LogP contribution is 2.43. The lowest BCUT2D eigenvalue weighted by Gasteiger charge is -2.45. The van der Waals surface area contributed by atoms with E-state index in [1.165, 1.54) is 0 Å². The molecule has 4 rings (SSSR count). The molecule has 6 nitrogen and oxygen atoms in total. The molecule has 0 amide bonds. The third-order valence-corrected chi connectivity index (χ3v) is 5.94. The molecule has 0 bridgehead atoms. The summed E-state index contributed by atoms with van der Waals surface area (Å²) in [6, 6.07) is 3.51. The van der Waals surface area contributed by atoms with Gasteiger partial charge in [0.05, 0.1) is 36.4 Å². The van der Waals surface area contributed by atoms with Crippen LogP contribution in [0.4, 0.5) is 5.82 Å². The van der Waals surface area contributed by atoms with Crippen LogP contribution < -0.4 is 14.4 Å². The summed E-state index contributed by atoms with van der Waals surface area (Å²) in [5.41, 5.74) is 1.92. The van der Waals surface area contributed by atoms with Crippen LogP contribution in [0, 0.1) is 24.7 Å². The molecular weight excluding hydrogens is 423 g/mol. The van der Waals surface area contributed by atoms with E-state index in [1.807, 2.05) is 6.92 Å². The van der Waals surface area contributed by atoms with E-state index < -0.39 is 0 Å². The molecule has 3 heterocycles. The van der Waals surface area contributed by atoms with E-state index in [9.17, 15) is 0 Å². The van der Waals surface area contributed by atoms with Crippen LogP contribution in [0.15, 0.2) is 18.3 Å². The summed E-state index contributed by atoms with van der Waals surface area (Å²) < 4.78 is 10.9. The first kappa shape index (κ1) is 20.5. The first-order valence-corrected chi connectivity index (χ1v) is 10.0. The van der Waals surface area contributed by atoms with Crippen LogP contribution in [0.2, 0.25) is 10.2 Å². The fourth-order valence-corrected chi connectivity index (χ4v) is 4.22. The van der Waals surface area contributed by atoms with Crippen molar-refractivity contribution in [3.8, 4) is 35.2 Å². The maximum absolute atomic E-state index is 6.66. The molecule has 0 unspecified atom stereocenters. The van der Waals surface area contributed by atoms with E-state index in [0.717, 1.165) is 16.8 Å². The number of hydrogen-bond donors (Lipinski definition) is 0. The predicted octanol–water partition coefficient (Wildman–Crippen LogP) is 4.78. The minimum atomic E-state index is -0.193. The van der Waals surface area contributed by atoms with Gasteiger partial charge in [0.15, 0.2) is 5.82 Å². The highest BCUT2D eigenvalue weighted by atomic mass is 35.5. The van der Waals surface area contributed by atoms with Crippen molar-refractivity contribution in [2.75, 3.05) is 32.2 Å². The lowest BCUT2D eigenvalue weighted by Crippen LogP contribution is -2.54. The summed E-state index contributed by atoms with van der Waals surface area (Å²) >= 11 is 12.8. The van der Waals surface area contributed by atoms with Crippen LogP contribution in [0.5, 0.6) is 11.5 Å². The van der Waals surface area contributed by atoms with Crippen molar-refractivity contribution in [1.82, 2.24) is 15.0 Å². The molecule has 1 aliphatic heterocycles. The molecular formula is C22H20Cl2N4O2. The number of nitrogens with zero attached hydrogens (tertiary/aromatic N) is 4. The largest absolute Gasteiger partial charge is 0.496 e. The van der Waals surface area contributed by atoms with Gasteiger partial charge in [0.1, 0.15) is 22.5 Å². The molecule has 0 radical (unpaired) electrons. The quantitative estimate of drug-likeness (QED) is 0.427. The lowest BCUT2D eigenvalue weighted by atomic mass is 9.83. The molecule has 154 valence electrons. The SMILES string of the molecule is C#CC1(C)CN(c2nc(-c3c(C)c(OC)cc(OC)c3Cl)nc3cnc(Cl)cc23)C1. The Balaban J connectivity index is 1.96. The van der Waals surface area contributed by atoms with Crippen molar-refractivity contribution in [2.45, 2.75) is 13.8 Å². The van der Waals surface area contributed by atoms with Crippen LogP contribution in [-0.4, -0.2) is 42.3 Å². The van der Waals surface area contributed by atoms with E-state index >= 15 is 0 Å². The van der Waals surface area contributed by atoms with Gasteiger partial charge in [0.2, 0.25) is 0 Å². The Labute approximate surface area is 185 Å².